The Kier molecular flexibility index (Phi) is 7.63. The van der Waals surface area contributed by atoms with Crippen LogP contribution in [0.15, 0.2) is 24.3 Å². The highest BCUT2D eigenvalue weighted by atomic mass is 16.5. The minimum absolute atomic E-state index is 0.481. The van der Waals surface area contributed by atoms with E-state index >= 15 is 0 Å². The van der Waals surface area contributed by atoms with Crippen molar-refractivity contribution in [1.29, 1.82) is 0 Å². The topological polar surface area (TPSA) is 24.5 Å². The molecule has 0 amide bonds. The molecule has 0 spiro atoms. The second-order valence-electron chi connectivity index (χ2n) is 5.51. The van der Waals surface area contributed by atoms with Crippen LogP contribution in [0.3, 0.4) is 0 Å². The first-order valence-corrected chi connectivity index (χ1v) is 7.70. The molecule has 1 aromatic carbocycles. The minimum Gasteiger partial charge on any atom is -0.497 e. The first kappa shape index (κ1) is 17.0. The first-order chi connectivity index (χ1) is 9.58. The number of likely N-dealkylation sites (N-methyl/N-ethyl adjacent to an activating group) is 1. The van der Waals surface area contributed by atoms with E-state index in [4.69, 9.17) is 4.74 Å². The molecule has 20 heavy (non-hydrogen) atoms. The summed E-state index contributed by atoms with van der Waals surface area (Å²) in [4.78, 5) is 2.46. The van der Waals surface area contributed by atoms with E-state index in [-0.39, 0.29) is 0 Å². The van der Waals surface area contributed by atoms with Crippen LogP contribution in [0.25, 0.3) is 0 Å². The van der Waals surface area contributed by atoms with Gasteiger partial charge in [-0.2, -0.15) is 0 Å². The van der Waals surface area contributed by atoms with E-state index < -0.39 is 0 Å². The highest BCUT2D eigenvalue weighted by Gasteiger charge is 2.10. The number of rotatable bonds is 9. The van der Waals surface area contributed by atoms with Crippen molar-refractivity contribution >= 4 is 0 Å². The highest BCUT2D eigenvalue weighted by Crippen LogP contribution is 2.12. The van der Waals surface area contributed by atoms with Gasteiger partial charge >= 0.3 is 0 Å². The molecule has 0 radical (unpaired) electrons. The van der Waals surface area contributed by atoms with Gasteiger partial charge in [0.25, 0.3) is 0 Å². The van der Waals surface area contributed by atoms with Crippen LogP contribution in [0.2, 0.25) is 0 Å². The van der Waals surface area contributed by atoms with Crippen LogP contribution >= 0.6 is 0 Å². The van der Waals surface area contributed by atoms with Gasteiger partial charge in [0.2, 0.25) is 0 Å². The second kappa shape index (κ2) is 8.98. The summed E-state index contributed by atoms with van der Waals surface area (Å²) >= 11 is 0. The quantitative estimate of drug-likeness (QED) is 0.751. The normalized spacial score (nSPS) is 14.3. The van der Waals surface area contributed by atoms with Crippen molar-refractivity contribution in [1.82, 2.24) is 10.2 Å². The monoisotopic (exact) mass is 278 g/mol. The lowest BCUT2D eigenvalue weighted by molar-refractivity contribution is 0.263. The van der Waals surface area contributed by atoms with E-state index in [0.29, 0.717) is 12.1 Å². The number of methoxy groups -OCH3 is 1. The van der Waals surface area contributed by atoms with Gasteiger partial charge in [0.05, 0.1) is 7.11 Å². The Bertz CT molecular complexity index is 360. The first-order valence-electron chi connectivity index (χ1n) is 7.70. The molecule has 3 heteroatoms. The predicted molar refractivity (Wildman–Crippen MR) is 86.5 cm³/mol. The van der Waals surface area contributed by atoms with E-state index in [9.17, 15) is 0 Å². The van der Waals surface area contributed by atoms with Gasteiger partial charge in [0.15, 0.2) is 0 Å². The molecule has 0 bridgehead atoms. The summed E-state index contributed by atoms with van der Waals surface area (Å²) in [7, 11) is 1.70. The number of hydrogen-bond donors (Lipinski definition) is 1. The van der Waals surface area contributed by atoms with E-state index in [0.717, 1.165) is 31.8 Å². The third-order valence-corrected chi connectivity index (χ3v) is 3.70. The van der Waals surface area contributed by atoms with Gasteiger partial charge in [0.1, 0.15) is 5.75 Å². The molecule has 0 aliphatic heterocycles. The molecule has 1 rings (SSSR count). The Hall–Kier alpha value is -1.06. The molecule has 0 fully saturated rings. The van der Waals surface area contributed by atoms with Gasteiger partial charge in [-0.3, -0.25) is 0 Å². The Balaban J connectivity index is 2.39. The van der Waals surface area contributed by atoms with E-state index in [1.165, 1.54) is 5.56 Å². The zero-order chi connectivity index (χ0) is 15.0. The molecule has 0 aliphatic rings. The van der Waals surface area contributed by atoms with Crippen LogP contribution in [0.5, 0.6) is 5.75 Å². The summed E-state index contributed by atoms with van der Waals surface area (Å²) in [5, 5.41) is 3.68. The fourth-order valence-electron chi connectivity index (χ4n) is 2.58. The van der Waals surface area contributed by atoms with E-state index in [1.54, 1.807) is 7.11 Å². The molecule has 0 heterocycles. The summed E-state index contributed by atoms with van der Waals surface area (Å²) in [5.74, 6) is 0.921. The molecule has 114 valence electrons. The van der Waals surface area contributed by atoms with E-state index in [2.05, 4.69) is 50.0 Å². The minimum atomic E-state index is 0.481. The summed E-state index contributed by atoms with van der Waals surface area (Å²) in [6, 6.07) is 9.35. The van der Waals surface area contributed by atoms with Crippen molar-refractivity contribution in [2.45, 2.75) is 46.2 Å². The fraction of sp³-hybridized carbons (Fsp3) is 0.647. The third-order valence-electron chi connectivity index (χ3n) is 3.70. The molecule has 0 saturated heterocycles. The lowest BCUT2D eigenvalue weighted by atomic mass is 10.1. The molecule has 2 atom stereocenters. The average Bonchev–Trinajstić information content (AvgIpc) is 2.45. The van der Waals surface area contributed by atoms with Crippen LogP contribution in [0.4, 0.5) is 0 Å². The number of ether oxygens (including phenoxy) is 1. The molecule has 0 aromatic heterocycles. The maximum atomic E-state index is 5.19. The van der Waals surface area contributed by atoms with Crippen LogP contribution in [-0.2, 0) is 6.42 Å². The Morgan fingerprint density at radius 1 is 1.05 bits per heavy atom. The Morgan fingerprint density at radius 2 is 1.65 bits per heavy atom. The lowest BCUT2D eigenvalue weighted by Gasteiger charge is -2.26. The fourth-order valence-corrected chi connectivity index (χ4v) is 2.58. The molecule has 2 unspecified atom stereocenters. The Labute approximate surface area is 124 Å². The molecule has 3 nitrogen and oxygen atoms in total. The summed E-state index contributed by atoms with van der Waals surface area (Å²) in [5.41, 5.74) is 1.35. The average molecular weight is 278 g/mol. The van der Waals surface area contributed by atoms with Crippen molar-refractivity contribution in [3.63, 3.8) is 0 Å². The zero-order valence-electron chi connectivity index (χ0n) is 13.6. The third kappa shape index (κ3) is 5.93. The SMILES string of the molecule is CCN(CC)CC(C)NC(C)Cc1ccc(OC)cc1. The maximum Gasteiger partial charge on any atom is 0.118 e. The van der Waals surface area contributed by atoms with Crippen LogP contribution < -0.4 is 10.1 Å². The van der Waals surface area contributed by atoms with Gasteiger partial charge in [-0.25, -0.2) is 0 Å². The number of nitrogens with zero attached hydrogens (tertiary/aromatic N) is 1. The smallest absolute Gasteiger partial charge is 0.118 e. The predicted octanol–water partition coefficient (Wildman–Crippen LogP) is 2.95. The van der Waals surface area contributed by atoms with Crippen LogP contribution in [-0.4, -0.2) is 43.7 Å². The molecule has 1 N–H and O–H groups in total. The van der Waals surface area contributed by atoms with Crippen LogP contribution in [0.1, 0.15) is 33.3 Å². The maximum absolute atomic E-state index is 5.19. The molecule has 0 saturated carbocycles. The number of nitrogens with one attached hydrogen (secondary N) is 1. The van der Waals surface area contributed by atoms with Gasteiger partial charge in [-0.05, 0) is 51.1 Å². The second-order valence-corrected chi connectivity index (χ2v) is 5.51. The zero-order valence-corrected chi connectivity index (χ0v) is 13.6. The summed E-state index contributed by atoms with van der Waals surface area (Å²) in [6.45, 7) is 12.3. The van der Waals surface area contributed by atoms with E-state index in [1.807, 2.05) is 12.1 Å². The van der Waals surface area contributed by atoms with Crippen molar-refractivity contribution in [3.05, 3.63) is 29.8 Å². The largest absolute Gasteiger partial charge is 0.497 e. The van der Waals surface area contributed by atoms with Crippen molar-refractivity contribution in [3.8, 4) is 5.75 Å². The van der Waals surface area contributed by atoms with Gasteiger partial charge < -0.3 is 15.0 Å². The molecule has 1 aromatic rings. The van der Waals surface area contributed by atoms with Crippen molar-refractivity contribution in [2.75, 3.05) is 26.7 Å². The Morgan fingerprint density at radius 3 is 2.15 bits per heavy atom. The van der Waals surface area contributed by atoms with Crippen molar-refractivity contribution < 1.29 is 4.74 Å². The van der Waals surface area contributed by atoms with Crippen LogP contribution in [0, 0.1) is 0 Å². The highest BCUT2D eigenvalue weighted by molar-refractivity contribution is 5.27. The standard InChI is InChI=1S/C17H30N2O/c1-6-19(7-2)13-15(4)18-14(3)12-16-8-10-17(20-5)11-9-16/h8-11,14-15,18H,6-7,12-13H2,1-5H3. The molecular formula is C17H30N2O. The van der Waals surface area contributed by atoms with Gasteiger partial charge in [-0.1, -0.05) is 26.0 Å². The number of benzene rings is 1. The number of hydrogen-bond acceptors (Lipinski definition) is 3. The summed E-state index contributed by atoms with van der Waals surface area (Å²) < 4.78 is 5.19. The molecular weight excluding hydrogens is 248 g/mol. The van der Waals surface area contributed by atoms with Gasteiger partial charge in [-0.15, -0.1) is 0 Å². The summed E-state index contributed by atoms with van der Waals surface area (Å²) in [6.07, 6.45) is 1.05. The van der Waals surface area contributed by atoms with Crippen molar-refractivity contribution in [2.24, 2.45) is 0 Å². The lowest BCUT2D eigenvalue weighted by Crippen LogP contribution is -2.43. The van der Waals surface area contributed by atoms with Gasteiger partial charge in [0, 0.05) is 18.6 Å². The molecule has 0 aliphatic carbocycles.